The monoisotopic (exact) mass is 294 g/mol. The van der Waals surface area contributed by atoms with Gasteiger partial charge >= 0.3 is 0 Å². The van der Waals surface area contributed by atoms with Crippen LogP contribution in [-0.4, -0.2) is 18.5 Å². The van der Waals surface area contributed by atoms with Crippen molar-refractivity contribution in [3.63, 3.8) is 0 Å². The maximum Gasteiger partial charge on any atom is 0.223 e. The maximum absolute atomic E-state index is 12.0. The van der Waals surface area contributed by atoms with E-state index in [1.165, 1.54) is 5.56 Å². The summed E-state index contributed by atoms with van der Waals surface area (Å²) in [4.78, 5) is 12.0. The molecule has 1 aromatic rings. The number of nitrogens with two attached hydrogens (primary N) is 1. The number of halogens is 1. The Morgan fingerprint density at radius 1 is 1.30 bits per heavy atom. The van der Waals surface area contributed by atoms with E-state index in [0.29, 0.717) is 0 Å². The lowest BCUT2D eigenvalue weighted by atomic mass is 9.85. The highest BCUT2D eigenvalue weighted by Crippen LogP contribution is 2.23. The van der Waals surface area contributed by atoms with Crippen LogP contribution in [0.1, 0.15) is 37.7 Å². The van der Waals surface area contributed by atoms with Crippen LogP contribution in [0, 0.1) is 5.92 Å². The Morgan fingerprint density at radius 2 is 2.05 bits per heavy atom. The minimum absolute atomic E-state index is 0.120. The molecule has 0 heterocycles. The Labute approximate surface area is 125 Å². The van der Waals surface area contributed by atoms with Crippen molar-refractivity contribution in [1.29, 1.82) is 0 Å². The molecule has 0 radical (unpaired) electrons. The second-order valence-corrected chi connectivity index (χ2v) is 6.08. The highest BCUT2D eigenvalue weighted by molar-refractivity contribution is 6.30. The zero-order chi connectivity index (χ0) is 14.4. The highest BCUT2D eigenvalue weighted by atomic mass is 35.5. The third kappa shape index (κ3) is 4.80. The molecule has 4 heteroatoms. The van der Waals surface area contributed by atoms with Crippen molar-refractivity contribution in [2.45, 2.75) is 44.6 Å². The molecule has 20 heavy (non-hydrogen) atoms. The van der Waals surface area contributed by atoms with Crippen molar-refractivity contribution in [3.05, 3.63) is 34.9 Å². The SMILES string of the molecule is N[C@H]1CCC[C@@H](C(=O)NCCCc2ccc(Cl)cc2)C1. The first-order chi connectivity index (χ1) is 9.65. The fraction of sp³-hybridized carbons (Fsp3) is 0.562. The van der Waals surface area contributed by atoms with Crippen molar-refractivity contribution in [2.75, 3.05) is 6.54 Å². The van der Waals surface area contributed by atoms with Crippen molar-refractivity contribution in [3.8, 4) is 0 Å². The first-order valence-corrected chi connectivity index (χ1v) is 7.80. The van der Waals surface area contributed by atoms with Gasteiger partial charge in [-0.15, -0.1) is 0 Å². The number of amides is 1. The van der Waals surface area contributed by atoms with Crippen LogP contribution in [0.25, 0.3) is 0 Å². The number of aryl methyl sites for hydroxylation is 1. The zero-order valence-corrected chi connectivity index (χ0v) is 12.5. The smallest absolute Gasteiger partial charge is 0.223 e. The number of benzene rings is 1. The first kappa shape index (κ1) is 15.3. The number of rotatable bonds is 5. The van der Waals surface area contributed by atoms with E-state index in [4.69, 9.17) is 17.3 Å². The van der Waals surface area contributed by atoms with Crippen molar-refractivity contribution in [2.24, 2.45) is 11.7 Å². The predicted octanol–water partition coefficient (Wildman–Crippen LogP) is 2.91. The Morgan fingerprint density at radius 3 is 2.75 bits per heavy atom. The van der Waals surface area contributed by atoms with Gasteiger partial charge in [0.05, 0.1) is 0 Å². The lowest BCUT2D eigenvalue weighted by Gasteiger charge is -2.25. The van der Waals surface area contributed by atoms with Crippen LogP contribution in [0.4, 0.5) is 0 Å². The van der Waals surface area contributed by atoms with Gasteiger partial charge in [0.25, 0.3) is 0 Å². The van der Waals surface area contributed by atoms with Crippen LogP contribution >= 0.6 is 11.6 Å². The molecule has 2 rings (SSSR count). The summed E-state index contributed by atoms with van der Waals surface area (Å²) in [6, 6.07) is 8.07. The topological polar surface area (TPSA) is 55.1 Å². The third-order valence-corrected chi connectivity index (χ3v) is 4.19. The van der Waals surface area contributed by atoms with E-state index < -0.39 is 0 Å². The molecule has 0 aliphatic heterocycles. The van der Waals surface area contributed by atoms with Gasteiger partial charge in [-0.25, -0.2) is 0 Å². The molecule has 0 saturated heterocycles. The number of carbonyl (C=O) groups is 1. The summed E-state index contributed by atoms with van der Waals surface area (Å²) >= 11 is 5.85. The zero-order valence-electron chi connectivity index (χ0n) is 11.8. The summed E-state index contributed by atoms with van der Waals surface area (Å²) < 4.78 is 0. The molecule has 0 aromatic heterocycles. The van der Waals surface area contributed by atoms with Crippen LogP contribution in [0.2, 0.25) is 5.02 Å². The molecule has 3 nitrogen and oxygen atoms in total. The molecule has 0 bridgehead atoms. The van der Waals surface area contributed by atoms with Gasteiger partial charge in [-0.2, -0.15) is 0 Å². The molecule has 110 valence electrons. The van der Waals surface area contributed by atoms with Crippen LogP contribution in [0.5, 0.6) is 0 Å². The number of hydrogen-bond donors (Lipinski definition) is 2. The van der Waals surface area contributed by atoms with Crippen LogP contribution < -0.4 is 11.1 Å². The normalized spacial score (nSPS) is 22.5. The molecule has 0 spiro atoms. The standard InChI is InChI=1S/C16H23ClN2O/c17-14-8-6-12(7-9-14)3-2-10-19-16(20)13-4-1-5-15(18)11-13/h6-9,13,15H,1-5,10-11,18H2,(H,19,20)/t13-,15+/m1/s1. The number of hydrogen-bond acceptors (Lipinski definition) is 2. The van der Waals surface area contributed by atoms with E-state index in [1.54, 1.807) is 0 Å². The first-order valence-electron chi connectivity index (χ1n) is 7.43. The molecular formula is C16H23ClN2O. The van der Waals surface area contributed by atoms with E-state index in [1.807, 2.05) is 24.3 Å². The average molecular weight is 295 g/mol. The van der Waals surface area contributed by atoms with Gasteiger partial charge in [-0.3, -0.25) is 4.79 Å². The summed E-state index contributed by atoms with van der Waals surface area (Å²) in [5, 5.41) is 3.79. The molecule has 1 aliphatic rings. The van der Waals surface area contributed by atoms with Gasteiger partial charge in [-0.1, -0.05) is 30.2 Å². The molecule has 1 amide bonds. The molecule has 1 fully saturated rings. The predicted molar refractivity (Wildman–Crippen MR) is 82.7 cm³/mol. The summed E-state index contributed by atoms with van der Waals surface area (Å²) in [6.45, 7) is 0.729. The molecule has 3 N–H and O–H groups in total. The Balaban J connectivity index is 1.65. The highest BCUT2D eigenvalue weighted by Gasteiger charge is 2.24. The largest absolute Gasteiger partial charge is 0.356 e. The summed E-state index contributed by atoms with van der Waals surface area (Å²) in [7, 11) is 0. The molecule has 1 saturated carbocycles. The summed E-state index contributed by atoms with van der Waals surface area (Å²) in [6.07, 6.45) is 5.86. The van der Waals surface area contributed by atoms with E-state index >= 15 is 0 Å². The third-order valence-electron chi connectivity index (χ3n) is 3.94. The number of carbonyl (C=O) groups excluding carboxylic acids is 1. The van der Waals surface area contributed by atoms with Crippen LogP contribution in [-0.2, 0) is 11.2 Å². The Bertz CT molecular complexity index is 433. The van der Waals surface area contributed by atoms with Gasteiger partial charge in [-0.05, 0) is 49.8 Å². The second kappa shape index (κ2) is 7.65. The summed E-state index contributed by atoms with van der Waals surface area (Å²) in [5.41, 5.74) is 7.17. The summed E-state index contributed by atoms with van der Waals surface area (Å²) in [5.74, 6) is 0.297. The molecule has 0 unspecified atom stereocenters. The maximum atomic E-state index is 12.0. The second-order valence-electron chi connectivity index (χ2n) is 5.64. The van der Waals surface area contributed by atoms with Crippen molar-refractivity contribution < 1.29 is 4.79 Å². The fourth-order valence-electron chi connectivity index (χ4n) is 2.77. The van der Waals surface area contributed by atoms with E-state index in [2.05, 4.69) is 5.32 Å². The van der Waals surface area contributed by atoms with Gasteiger partial charge in [0.2, 0.25) is 5.91 Å². The van der Waals surface area contributed by atoms with Crippen molar-refractivity contribution >= 4 is 17.5 Å². The van der Waals surface area contributed by atoms with Gasteiger partial charge in [0.1, 0.15) is 0 Å². The van der Waals surface area contributed by atoms with Gasteiger partial charge < -0.3 is 11.1 Å². The van der Waals surface area contributed by atoms with Gasteiger partial charge in [0.15, 0.2) is 0 Å². The molecule has 1 aliphatic carbocycles. The van der Waals surface area contributed by atoms with Gasteiger partial charge in [0, 0.05) is 23.5 Å². The molecular weight excluding hydrogens is 272 g/mol. The molecule has 1 aromatic carbocycles. The lowest BCUT2D eigenvalue weighted by Crippen LogP contribution is -2.38. The van der Waals surface area contributed by atoms with E-state index in [0.717, 1.165) is 50.1 Å². The average Bonchev–Trinajstić information content (AvgIpc) is 2.45. The number of nitrogens with one attached hydrogen (secondary N) is 1. The van der Waals surface area contributed by atoms with E-state index in [-0.39, 0.29) is 17.9 Å². The minimum atomic E-state index is 0.120. The van der Waals surface area contributed by atoms with E-state index in [9.17, 15) is 4.79 Å². The fourth-order valence-corrected chi connectivity index (χ4v) is 2.89. The Hall–Kier alpha value is -1.06. The van der Waals surface area contributed by atoms with Crippen molar-refractivity contribution in [1.82, 2.24) is 5.32 Å². The quantitative estimate of drug-likeness (QED) is 0.821. The molecule has 2 atom stereocenters. The minimum Gasteiger partial charge on any atom is -0.356 e. The van der Waals surface area contributed by atoms with Crippen LogP contribution in [0.15, 0.2) is 24.3 Å². The lowest BCUT2D eigenvalue weighted by molar-refractivity contribution is -0.126. The van der Waals surface area contributed by atoms with Crippen LogP contribution in [0.3, 0.4) is 0 Å². The Kier molecular flexibility index (Phi) is 5.86.